The number of hydrogen-bond acceptors (Lipinski definition) is 2. The quantitative estimate of drug-likeness (QED) is 0.785. The third kappa shape index (κ3) is 2.61. The first-order valence-electron chi connectivity index (χ1n) is 5.94. The van der Waals surface area contributed by atoms with Crippen molar-refractivity contribution >= 4 is 22.6 Å². The highest BCUT2D eigenvalue weighted by Gasteiger charge is 2.22. The summed E-state index contributed by atoms with van der Waals surface area (Å²) >= 11 is 2.28. The Morgan fingerprint density at radius 1 is 1.17 bits per heavy atom. The minimum absolute atomic E-state index is 0.125. The monoisotopic (exact) mass is 352 g/mol. The molecule has 1 aliphatic rings. The Bertz CT molecular complexity index is 529. The normalized spacial score (nSPS) is 17.1. The number of benzene rings is 2. The smallest absolute Gasteiger partial charge is 0.137 e. The maximum Gasteiger partial charge on any atom is 0.137 e. The molecule has 1 atom stereocenters. The van der Waals surface area contributed by atoms with Gasteiger partial charge >= 0.3 is 0 Å². The van der Waals surface area contributed by atoms with Crippen LogP contribution in [0.4, 0.5) is 0 Å². The molecule has 3 rings (SSSR count). The molecule has 0 radical (unpaired) electrons. The zero-order chi connectivity index (χ0) is 12.4. The van der Waals surface area contributed by atoms with Gasteiger partial charge in [0.1, 0.15) is 24.2 Å². The minimum atomic E-state index is 0.125. The van der Waals surface area contributed by atoms with Crippen molar-refractivity contribution in [3.8, 4) is 11.5 Å². The van der Waals surface area contributed by atoms with E-state index in [9.17, 15) is 0 Å². The SMILES string of the molecule is Ic1cccc(OCC2Cc3ccccc3O2)c1. The van der Waals surface area contributed by atoms with Crippen LogP contribution >= 0.6 is 22.6 Å². The van der Waals surface area contributed by atoms with Crippen molar-refractivity contribution in [1.82, 2.24) is 0 Å². The van der Waals surface area contributed by atoms with Gasteiger partial charge in [-0.25, -0.2) is 0 Å². The maximum atomic E-state index is 5.83. The topological polar surface area (TPSA) is 18.5 Å². The zero-order valence-electron chi connectivity index (χ0n) is 9.80. The van der Waals surface area contributed by atoms with Crippen molar-refractivity contribution < 1.29 is 9.47 Å². The van der Waals surface area contributed by atoms with Gasteiger partial charge in [0.25, 0.3) is 0 Å². The van der Waals surface area contributed by atoms with Gasteiger partial charge in [-0.2, -0.15) is 0 Å². The summed E-state index contributed by atoms with van der Waals surface area (Å²) in [5, 5.41) is 0. The third-order valence-corrected chi connectivity index (χ3v) is 3.62. The summed E-state index contributed by atoms with van der Waals surface area (Å²) in [7, 11) is 0. The fourth-order valence-corrected chi connectivity index (χ4v) is 2.61. The summed E-state index contributed by atoms with van der Waals surface area (Å²) in [6.07, 6.45) is 1.06. The Labute approximate surface area is 120 Å². The summed E-state index contributed by atoms with van der Waals surface area (Å²) in [5.41, 5.74) is 1.27. The summed E-state index contributed by atoms with van der Waals surface area (Å²) in [6, 6.07) is 16.2. The van der Waals surface area contributed by atoms with E-state index in [2.05, 4.69) is 34.7 Å². The van der Waals surface area contributed by atoms with Crippen LogP contribution in [-0.2, 0) is 6.42 Å². The third-order valence-electron chi connectivity index (χ3n) is 2.95. The summed E-state index contributed by atoms with van der Waals surface area (Å²) in [4.78, 5) is 0. The first-order valence-corrected chi connectivity index (χ1v) is 7.02. The van der Waals surface area contributed by atoms with Crippen LogP contribution in [0.5, 0.6) is 11.5 Å². The number of fused-ring (bicyclic) bond motifs is 1. The second-order valence-corrected chi connectivity index (χ2v) is 5.57. The van der Waals surface area contributed by atoms with Gasteiger partial charge in [-0.05, 0) is 52.4 Å². The fourth-order valence-electron chi connectivity index (χ4n) is 2.09. The van der Waals surface area contributed by atoms with E-state index in [1.807, 2.05) is 36.4 Å². The maximum absolute atomic E-state index is 5.83. The van der Waals surface area contributed by atoms with Gasteiger partial charge in [0.15, 0.2) is 0 Å². The zero-order valence-corrected chi connectivity index (χ0v) is 12.0. The van der Waals surface area contributed by atoms with Crippen LogP contribution in [0.15, 0.2) is 48.5 Å². The summed E-state index contributed by atoms with van der Waals surface area (Å²) < 4.78 is 12.8. The van der Waals surface area contributed by atoms with Crippen molar-refractivity contribution in [1.29, 1.82) is 0 Å². The minimum Gasteiger partial charge on any atom is -0.490 e. The Hall–Kier alpha value is -1.23. The van der Waals surface area contributed by atoms with E-state index in [-0.39, 0.29) is 6.10 Å². The highest BCUT2D eigenvalue weighted by atomic mass is 127. The fraction of sp³-hybridized carbons (Fsp3) is 0.200. The van der Waals surface area contributed by atoms with Gasteiger partial charge in [-0.15, -0.1) is 0 Å². The van der Waals surface area contributed by atoms with Gasteiger partial charge in [0, 0.05) is 9.99 Å². The molecule has 0 fully saturated rings. The molecule has 0 aromatic heterocycles. The lowest BCUT2D eigenvalue weighted by molar-refractivity contribution is 0.148. The Morgan fingerprint density at radius 3 is 2.89 bits per heavy atom. The molecule has 0 spiro atoms. The van der Waals surface area contributed by atoms with Crippen LogP contribution in [0.1, 0.15) is 5.56 Å². The predicted molar refractivity (Wildman–Crippen MR) is 79.2 cm³/mol. The first kappa shape index (κ1) is 11.8. The number of para-hydroxylation sites is 1. The number of halogens is 1. The van der Waals surface area contributed by atoms with Gasteiger partial charge in [-0.3, -0.25) is 0 Å². The molecule has 2 nitrogen and oxygen atoms in total. The van der Waals surface area contributed by atoms with E-state index < -0.39 is 0 Å². The average Bonchev–Trinajstić information content (AvgIpc) is 2.79. The predicted octanol–water partition coefficient (Wildman–Crippen LogP) is 3.67. The largest absolute Gasteiger partial charge is 0.490 e. The molecule has 1 aliphatic heterocycles. The number of rotatable bonds is 3. The van der Waals surface area contributed by atoms with Crippen molar-refractivity contribution in [2.45, 2.75) is 12.5 Å². The Morgan fingerprint density at radius 2 is 2.06 bits per heavy atom. The van der Waals surface area contributed by atoms with Crippen molar-refractivity contribution in [2.24, 2.45) is 0 Å². The van der Waals surface area contributed by atoms with Crippen LogP contribution in [-0.4, -0.2) is 12.7 Å². The lowest BCUT2D eigenvalue weighted by Crippen LogP contribution is -2.22. The van der Waals surface area contributed by atoms with Crippen LogP contribution < -0.4 is 9.47 Å². The van der Waals surface area contributed by atoms with Crippen molar-refractivity contribution in [2.75, 3.05) is 6.61 Å². The van der Waals surface area contributed by atoms with Crippen LogP contribution in [0.25, 0.3) is 0 Å². The van der Waals surface area contributed by atoms with E-state index in [4.69, 9.17) is 9.47 Å². The molecule has 0 aliphatic carbocycles. The van der Waals surface area contributed by atoms with E-state index in [1.165, 1.54) is 9.13 Å². The molecule has 0 saturated heterocycles. The standard InChI is InChI=1S/C15H13IO2/c16-12-5-3-6-13(9-12)17-10-14-8-11-4-1-2-7-15(11)18-14/h1-7,9,14H,8,10H2. The molecule has 0 bridgehead atoms. The Balaban J connectivity index is 1.60. The van der Waals surface area contributed by atoms with E-state index in [0.717, 1.165) is 17.9 Å². The lowest BCUT2D eigenvalue weighted by atomic mass is 10.1. The van der Waals surface area contributed by atoms with E-state index >= 15 is 0 Å². The molecular weight excluding hydrogens is 339 g/mol. The second-order valence-electron chi connectivity index (χ2n) is 4.32. The van der Waals surface area contributed by atoms with Gasteiger partial charge in [0.2, 0.25) is 0 Å². The summed E-state index contributed by atoms with van der Waals surface area (Å²) in [6.45, 7) is 0.592. The molecule has 3 heteroatoms. The van der Waals surface area contributed by atoms with Gasteiger partial charge in [0.05, 0.1) is 0 Å². The van der Waals surface area contributed by atoms with Gasteiger partial charge < -0.3 is 9.47 Å². The lowest BCUT2D eigenvalue weighted by Gasteiger charge is -2.12. The molecule has 92 valence electrons. The van der Waals surface area contributed by atoms with Gasteiger partial charge in [-0.1, -0.05) is 24.3 Å². The average molecular weight is 352 g/mol. The molecule has 0 saturated carbocycles. The number of hydrogen-bond donors (Lipinski definition) is 0. The van der Waals surface area contributed by atoms with Crippen molar-refractivity contribution in [3.63, 3.8) is 0 Å². The molecule has 2 aromatic carbocycles. The second kappa shape index (κ2) is 5.18. The number of ether oxygens (including phenoxy) is 2. The highest BCUT2D eigenvalue weighted by molar-refractivity contribution is 14.1. The molecular formula is C15H13IO2. The molecule has 2 aromatic rings. The molecule has 1 unspecified atom stereocenters. The van der Waals surface area contributed by atoms with Crippen molar-refractivity contribution in [3.05, 3.63) is 57.7 Å². The molecule has 0 N–H and O–H groups in total. The van der Waals surface area contributed by atoms with Crippen LogP contribution in [0.3, 0.4) is 0 Å². The first-order chi connectivity index (χ1) is 8.81. The summed E-state index contributed by atoms with van der Waals surface area (Å²) in [5.74, 6) is 1.90. The molecule has 18 heavy (non-hydrogen) atoms. The Kier molecular flexibility index (Phi) is 3.41. The molecule has 1 heterocycles. The van der Waals surface area contributed by atoms with E-state index in [0.29, 0.717) is 6.61 Å². The van der Waals surface area contributed by atoms with E-state index in [1.54, 1.807) is 0 Å². The van der Waals surface area contributed by atoms with Crippen LogP contribution in [0, 0.1) is 3.57 Å². The van der Waals surface area contributed by atoms with Crippen LogP contribution in [0.2, 0.25) is 0 Å². The molecule has 0 amide bonds. The highest BCUT2D eigenvalue weighted by Crippen LogP contribution is 2.28.